The number of carbonyl (C=O) groups is 2. The van der Waals surface area contributed by atoms with Crippen LogP contribution in [-0.4, -0.2) is 36.8 Å². The van der Waals surface area contributed by atoms with Gasteiger partial charge in [-0.2, -0.15) is 0 Å². The fourth-order valence-corrected chi connectivity index (χ4v) is 3.22. The van der Waals surface area contributed by atoms with Gasteiger partial charge >= 0.3 is 0 Å². The summed E-state index contributed by atoms with van der Waals surface area (Å²) >= 11 is 4.37. The second-order valence-corrected chi connectivity index (χ2v) is 6.00. The maximum Gasteiger partial charge on any atom is 0.293 e. The minimum Gasteiger partial charge on any atom is -0.493 e. The number of rotatable bonds is 4. The van der Waals surface area contributed by atoms with Crippen molar-refractivity contribution in [2.24, 2.45) is 0 Å². The Morgan fingerprint density at radius 1 is 1.24 bits per heavy atom. The first-order chi connectivity index (χ1) is 10.0. The Balaban J connectivity index is 2.42. The summed E-state index contributed by atoms with van der Waals surface area (Å²) in [4.78, 5) is 25.4. The number of amides is 2. The zero-order chi connectivity index (χ0) is 15.6. The third-order valence-electron chi connectivity index (χ3n) is 2.98. The lowest BCUT2D eigenvalue weighted by Crippen LogP contribution is -2.27. The second-order valence-electron chi connectivity index (χ2n) is 4.15. The summed E-state index contributed by atoms with van der Waals surface area (Å²) in [6, 6.07) is 3.51. The van der Waals surface area contributed by atoms with Gasteiger partial charge in [-0.3, -0.25) is 14.5 Å². The van der Waals surface area contributed by atoms with Gasteiger partial charge in [0.05, 0.1) is 19.1 Å². The lowest BCUT2D eigenvalue weighted by molar-refractivity contribution is -0.122. The predicted molar refractivity (Wildman–Crippen MR) is 85.6 cm³/mol. The third kappa shape index (κ3) is 3.08. The standard InChI is InChI=1S/C14H14BrNO4S/c1-4-16-13(17)12(21-14(16)18)6-8-5-10(19-2)11(20-3)7-9(8)15/h5-7H,4H2,1-3H3. The number of ether oxygens (including phenoxy) is 2. The SMILES string of the molecule is CCN1C(=O)SC(=Cc2cc(OC)c(OC)cc2Br)C1=O. The molecule has 1 heterocycles. The number of nitrogens with zero attached hydrogens (tertiary/aromatic N) is 1. The monoisotopic (exact) mass is 371 g/mol. The molecule has 1 fully saturated rings. The lowest BCUT2D eigenvalue weighted by Gasteiger charge is -2.10. The van der Waals surface area contributed by atoms with Gasteiger partial charge in [0.1, 0.15) is 0 Å². The van der Waals surface area contributed by atoms with E-state index in [0.29, 0.717) is 22.9 Å². The highest BCUT2D eigenvalue weighted by Crippen LogP contribution is 2.37. The number of benzene rings is 1. The first-order valence-corrected chi connectivity index (χ1v) is 7.79. The normalized spacial score (nSPS) is 16.8. The van der Waals surface area contributed by atoms with Crippen LogP contribution in [0.4, 0.5) is 4.79 Å². The molecule has 21 heavy (non-hydrogen) atoms. The molecule has 1 aromatic rings. The summed E-state index contributed by atoms with van der Waals surface area (Å²) in [6.45, 7) is 2.14. The van der Waals surface area contributed by atoms with E-state index in [4.69, 9.17) is 9.47 Å². The van der Waals surface area contributed by atoms with Crippen molar-refractivity contribution in [1.29, 1.82) is 0 Å². The van der Waals surface area contributed by atoms with E-state index in [2.05, 4.69) is 15.9 Å². The molecule has 0 unspecified atom stereocenters. The highest BCUT2D eigenvalue weighted by atomic mass is 79.9. The van der Waals surface area contributed by atoms with Crippen LogP contribution in [-0.2, 0) is 4.79 Å². The largest absolute Gasteiger partial charge is 0.493 e. The van der Waals surface area contributed by atoms with Crippen molar-refractivity contribution in [3.05, 3.63) is 27.1 Å². The predicted octanol–water partition coefficient (Wildman–Crippen LogP) is 3.52. The number of carbonyl (C=O) groups excluding carboxylic acids is 2. The number of thioether (sulfide) groups is 1. The van der Waals surface area contributed by atoms with Crippen molar-refractivity contribution in [3.63, 3.8) is 0 Å². The van der Waals surface area contributed by atoms with Crippen LogP contribution in [0.3, 0.4) is 0 Å². The molecule has 0 saturated carbocycles. The topological polar surface area (TPSA) is 55.8 Å². The number of likely N-dealkylation sites (N-methyl/N-ethyl adjacent to an activating group) is 1. The Kier molecular flexibility index (Phi) is 4.95. The van der Waals surface area contributed by atoms with E-state index < -0.39 is 0 Å². The van der Waals surface area contributed by atoms with Crippen LogP contribution in [0.15, 0.2) is 21.5 Å². The molecule has 7 heteroatoms. The summed E-state index contributed by atoms with van der Waals surface area (Å²) in [7, 11) is 3.09. The van der Waals surface area contributed by atoms with Crippen molar-refractivity contribution in [2.45, 2.75) is 6.92 Å². The fourth-order valence-electron chi connectivity index (χ4n) is 1.89. The van der Waals surface area contributed by atoms with E-state index in [1.165, 1.54) is 4.90 Å². The van der Waals surface area contributed by atoms with E-state index in [1.807, 2.05) is 0 Å². The van der Waals surface area contributed by atoms with Crippen LogP contribution in [0.1, 0.15) is 12.5 Å². The highest BCUT2D eigenvalue weighted by molar-refractivity contribution is 9.10. The summed E-state index contributed by atoms with van der Waals surface area (Å²) in [6.07, 6.45) is 1.67. The summed E-state index contributed by atoms with van der Waals surface area (Å²) in [5.41, 5.74) is 0.745. The van der Waals surface area contributed by atoms with Gasteiger partial charge in [-0.25, -0.2) is 0 Å². The first-order valence-electron chi connectivity index (χ1n) is 6.18. The number of hydrogen-bond acceptors (Lipinski definition) is 5. The van der Waals surface area contributed by atoms with E-state index in [-0.39, 0.29) is 11.1 Å². The van der Waals surface area contributed by atoms with Gasteiger partial charge in [0, 0.05) is 11.0 Å². The van der Waals surface area contributed by atoms with Crippen LogP contribution in [0.5, 0.6) is 11.5 Å². The Bertz CT molecular complexity index is 630. The van der Waals surface area contributed by atoms with Gasteiger partial charge in [-0.1, -0.05) is 15.9 Å². The lowest BCUT2D eigenvalue weighted by atomic mass is 10.2. The Morgan fingerprint density at radius 3 is 2.38 bits per heavy atom. The van der Waals surface area contributed by atoms with E-state index in [0.717, 1.165) is 21.8 Å². The van der Waals surface area contributed by atoms with Crippen LogP contribution in [0.2, 0.25) is 0 Å². The minimum atomic E-state index is -0.269. The molecule has 1 aromatic carbocycles. The maximum absolute atomic E-state index is 12.1. The van der Waals surface area contributed by atoms with E-state index in [9.17, 15) is 9.59 Å². The second kappa shape index (κ2) is 6.53. The number of methoxy groups -OCH3 is 2. The van der Waals surface area contributed by atoms with Crippen LogP contribution in [0.25, 0.3) is 6.08 Å². The van der Waals surface area contributed by atoms with Gasteiger partial charge in [-0.05, 0) is 42.5 Å². The van der Waals surface area contributed by atoms with Crippen LogP contribution < -0.4 is 9.47 Å². The summed E-state index contributed by atoms with van der Waals surface area (Å²) in [5.74, 6) is 0.874. The third-order valence-corrected chi connectivity index (χ3v) is 4.57. The molecule has 0 aromatic heterocycles. The average molecular weight is 372 g/mol. The minimum absolute atomic E-state index is 0.245. The zero-order valence-corrected chi connectivity index (χ0v) is 14.2. The molecule has 2 amide bonds. The molecule has 1 aliphatic rings. The number of imide groups is 1. The fraction of sp³-hybridized carbons (Fsp3) is 0.286. The van der Waals surface area contributed by atoms with Crippen LogP contribution >= 0.6 is 27.7 Å². The molecular weight excluding hydrogens is 358 g/mol. The van der Waals surface area contributed by atoms with Crippen molar-refractivity contribution < 1.29 is 19.1 Å². The molecule has 0 radical (unpaired) electrons. The quantitative estimate of drug-likeness (QED) is 0.757. The molecule has 5 nitrogen and oxygen atoms in total. The van der Waals surface area contributed by atoms with Crippen molar-refractivity contribution >= 4 is 44.9 Å². The van der Waals surface area contributed by atoms with E-state index in [1.54, 1.807) is 39.4 Å². The smallest absolute Gasteiger partial charge is 0.293 e. The molecule has 112 valence electrons. The number of halogens is 1. The molecule has 0 aliphatic carbocycles. The van der Waals surface area contributed by atoms with Crippen molar-refractivity contribution in [1.82, 2.24) is 4.90 Å². The molecule has 1 saturated heterocycles. The summed E-state index contributed by atoms with van der Waals surface area (Å²) in [5, 5.41) is -0.245. The average Bonchev–Trinajstić information content (AvgIpc) is 2.74. The van der Waals surface area contributed by atoms with Crippen LogP contribution in [0, 0.1) is 0 Å². The first kappa shape index (κ1) is 15.9. The van der Waals surface area contributed by atoms with Gasteiger partial charge in [0.15, 0.2) is 11.5 Å². The van der Waals surface area contributed by atoms with E-state index >= 15 is 0 Å². The maximum atomic E-state index is 12.1. The molecular formula is C14H14BrNO4S. The van der Waals surface area contributed by atoms with Crippen molar-refractivity contribution in [3.8, 4) is 11.5 Å². The van der Waals surface area contributed by atoms with Gasteiger partial charge in [0.25, 0.3) is 11.1 Å². The molecule has 0 spiro atoms. The molecule has 0 atom stereocenters. The molecule has 0 N–H and O–H groups in total. The van der Waals surface area contributed by atoms with Gasteiger partial charge < -0.3 is 9.47 Å². The van der Waals surface area contributed by atoms with Gasteiger partial charge in [-0.15, -0.1) is 0 Å². The highest BCUT2D eigenvalue weighted by Gasteiger charge is 2.33. The number of hydrogen-bond donors (Lipinski definition) is 0. The molecule has 0 bridgehead atoms. The summed E-state index contributed by atoms with van der Waals surface area (Å²) < 4.78 is 11.2. The Labute approximate surface area is 135 Å². The van der Waals surface area contributed by atoms with Crippen molar-refractivity contribution in [2.75, 3.05) is 20.8 Å². The zero-order valence-electron chi connectivity index (χ0n) is 11.8. The van der Waals surface area contributed by atoms with Gasteiger partial charge in [0.2, 0.25) is 0 Å². The molecule has 1 aliphatic heterocycles. The Morgan fingerprint density at radius 2 is 1.86 bits per heavy atom. The molecule has 2 rings (SSSR count). The Hall–Kier alpha value is -1.47.